The van der Waals surface area contributed by atoms with Gasteiger partial charge >= 0.3 is 0 Å². The molecular formula is C16H18N2O2S. The molecule has 110 valence electrons. The second kappa shape index (κ2) is 5.87. The first kappa shape index (κ1) is 14.1. The predicted molar refractivity (Wildman–Crippen MR) is 84.9 cm³/mol. The minimum atomic E-state index is -0.555. The van der Waals surface area contributed by atoms with Crippen molar-refractivity contribution in [1.82, 2.24) is 9.55 Å². The van der Waals surface area contributed by atoms with Crippen molar-refractivity contribution in [3.8, 4) is 5.75 Å². The lowest BCUT2D eigenvalue weighted by atomic mass is 10.2. The van der Waals surface area contributed by atoms with Crippen LogP contribution in [0, 0.1) is 0 Å². The van der Waals surface area contributed by atoms with Gasteiger partial charge in [0.1, 0.15) is 11.6 Å². The lowest BCUT2D eigenvalue weighted by Gasteiger charge is -2.10. The molecule has 0 amide bonds. The van der Waals surface area contributed by atoms with Crippen LogP contribution >= 0.6 is 11.3 Å². The predicted octanol–water partition coefficient (Wildman–Crippen LogP) is 3.40. The van der Waals surface area contributed by atoms with Gasteiger partial charge in [0.05, 0.1) is 24.2 Å². The fourth-order valence-corrected chi connectivity index (χ4v) is 3.36. The van der Waals surface area contributed by atoms with Crippen LogP contribution in [0.1, 0.15) is 23.7 Å². The monoisotopic (exact) mass is 302 g/mol. The summed E-state index contributed by atoms with van der Waals surface area (Å²) in [5.41, 5.74) is 2.09. The Bertz CT molecular complexity index is 748. The number of aryl methyl sites for hydroxylation is 1. The normalized spacial score (nSPS) is 12.7. The molecule has 0 aliphatic heterocycles. The molecule has 0 aliphatic carbocycles. The highest BCUT2D eigenvalue weighted by Crippen LogP contribution is 2.29. The van der Waals surface area contributed by atoms with Gasteiger partial charge in [-0.25, -0.2) is 4.98 Å². The van der Waals surface area contributed by atoms with Gasteiger partial charge in [-0.2, -0.15) is 0 Å². The largest absolute Gasteiger partial charge is 0.496 e. The topological polar surface area (TPSA) is 47.3 Å². The standard InChI is InChI=1S/C16H18N2O2S/c1-3-18-13-7-5-4-6-12(13)17-16(18)9-14(19)15-8-11(20-2)10-21-15/h4-8,10,14,19H,3,9H2,1-2H3. The Morgan fingerprint density at radius 3 is 2.90 bits per heavy atom. The van der Waals surface area contributed by atoms with Gasteiger partial charge in [-0.05, 0) is 25.1 Å². The quantitative estimate of drug-likeness (QED) is 0.785. The summed E-state index contributed by atoms with van der Waals surface area (Å²) in [5.74, 6) is 1.71. The third-order valence-electron chi connectivity index (χ3n) is 3.59. The summed E-state index contributed by atoms with van der Waals surface area (Å²) in [5, 5.41) is 12.3. The number of aliphatic hydroxyl groups excluding tert-OH is 1. The number of fused-ring (bicyclic) bond motifs is 1. The number of aromatic nitrogens is 2. The Balaban J connectivity index is 1.90. The number of aliphatic hydroxyl groups is 1. The molecule has 2 aromatic heterocycles. The smallest absolute Gasteiger partial charge is 0.129 e. The first-order chi connectivity index (χ1) is 10.2. The van der Waals surface area contributed by atoms with Crippen molar-refractivity contribution in [2.75, 3.05) is 7.11 Å². The molecule has 0 fully saturated rings. The number of methoxy groups -OCH3 is 1. The van der Waals surface area contributed by atoms with E-state index in [4.69, 9.17) is 4.74 Å². The van der Waals surface area contributed by atoms with E-state index in [1.54, 1.807) is 7.11 Å². The summed E-state index contributed by atoms with van der Waals surface area (Å²) in [6.45, 7) is 2.94. The summed E-state index contributed by atoms with van der Waals surface area (Å²) < 4.78 is 7.32. The number of nitrogens with zero attached hydrogens (tertiary/aromatic N) is 2. The number of imidazole rings is 1. The molecule has 4 nitrogen and oxygen atoms in total. The van der Waals surface area contributed by atoms with Crippen LogP contribution in [0.25, 0.3) is 11.0 Å². The summed E-state index contributed by atoms with van der Waals surface area (Å²) in [4.78, 5) is 5.56. The minimum Gasteiger partial charge on any atom is -0.496 e. The third-order valence-corrected chi connectivity index (χ3v) is 4.60. The van der Waals surface area contributed by atoms with Crippen LogP contribution < -0.4 is 4.74 Å². The van der Waals surface area contributed by atoms with E-state index in [2.05, 4.69) is 22.5 Å². The average molecular weight is 302 g/mol. The van der Waals surface area contributed by atoms with Crippen LogP contribution in [-0.2, 0) is 13.0 Å². The van der Waals surface area contributed by atoms with Crippen LogP contribution in [0.15, 0.2) is 35.7 Å². The van der Waals surface area contributed by atoms with Crippen molar-refractivity contribution in [1.29, 1.82) is 0 Å². The molecule has 1 aromatic carbocycles. The molecule has 1 unspecified atom stereocenters. The number of hydrogen-bond donors (Lipinski definition) is 1. The number of hydrogen-bond acceptors (Lipinski definition) is 4. The van der Waals surface area contributed by atoms with Crippen LogP contribution in [0.3, 0.4) is 0 Å². The number of benzene rings is 1. The highest BCUT2D eigenvalue weighted by molar-refractivity contribution is 7.10. The lowest BCUT2D eigenvalue weighted by Crippen LogP contribution is -2.07. The van der Waals surface area contributed by atoms with E-state index >= 15 is 0 Å². The van der Waals surface area contributed by atoms with Gasteiger partial charge in [0, 0.05) is 23.2 Å². The van der Waals surface area contributed by atoms with Crippen LogP contribution in [-0.4, -0.2) is 21.8 Å². The lowest BCUT2D eigenvalue weighted by molar-refractivity contribution is 0.178. The number of ether oxygens (including phenoxy) is 1. The molecule has 0 saturated heterocycles. The summed E-state index contributed by atoms with van der Waals surface area (Å²) >= 11 is 1.51. The van der Waals surface area contributed by atoms with Gasteiger partial charge in [0.2, 0.25) is 0 Å². The minimum absolute atomic E-state index is 0.506. The summed E-state index contributed by atoms with van der Waals surface area (Å²) in [6.07, 6.45) is -0.0485. The maximum atomic E-state index is 10.4. The highest BCUT2D eigenvalue weighted by atomic mass is 32.1. The van der Waals surface area contributed by atoms with Crippen molar-refractivity contribution < 1.29 is 9.84 Å². The van der Waals surface area contributed by atoms with E-state index < -0.39 is 6.10 Å². The van der Waals surface area contributed by atoms with Crippen molar-refractivity contribution >= 4 is 22.4 Å². The SMILES string of the molecule is CCn1c(CC(O)c2cc(OC)cs2)nc2ccccc21. The fraction of sp³-hybridized carbons (Fsp3) is 0.312. The number of thiophene rings is 1. The molecule has 5 heteroatoms. The van der Waals surface area contributed by atoms with Crippen LogP contribution in [0.5, 0.6) is 5.75 Å². The van der Waals surface area contributed by atoms with E-state index in [-0.39, 0.29) is 0 Å². The Labute approximate surface area is 127 Å². The van der Waals surface area contributed by atoms with Crippen LogP contribution in [0.4, 0.5) is 0 Å². The Morgan fingerprint density at radius 2 is 2.19 bits per heavy atom. The zero-order valence-electron chi connectivity index (χ0n) is 12.1. The zero-order chi connectivity index (χ0) is 14.8. The fourth-order valence-electron chi connectivity index (χ4n) is 2.52. The molecule has 3 rings (SSSR count). The van der Waals surface area contributed by atoms with Crippen molar-refractivity contribution in [2.45, 2.75) is 26.0 Å². The van der Waals surface area contributed by atoms with Crippen molar-refractivity contribution in [2.24, 2.45) is 0 Å². The van der Waals surface area contributed by atoms with Crippen molar-refractivity contribution in [3.63, 3.8) is 0 Å². The first-order valence-electron chi connectivity index (χ1n) is 6.97. The van der Waals surface area contributed by atoms with Gasteiger partial charge in [0.25, 0.3) is 0 Å². The Hall–Kier alpha value is -1.85. The first-order valence-corrected chi connectivity index (χ1v) is 7.85. The van der Waals surface area contributed by atoms with Crippen LogP contribution in [0.2, 0.25) is 0 Å². The molecule has 0 bridgehead atoms. The van der Waals surface area contributed by atoms with Crippen molar-refractivity contribution in [3.05, 3.63) is 46.4 Å². The molecular weight excluding hydrogens is 284 g/mol. The molecule has 0 radical (unpaired) electrons. The number of para-hydroxylation sites is 2. The number of rotatable bonds is 5. The molecule has 3 aromatic rings. The second-order valence-electron chi connectivity index (χ2n) is 4.87. The van der Waals surface area contributed by atoms with E-state index in [9.17, 15) is 5.11 Å². The van der Waals surface area contributed by atoms with E-state index in [0.717, 1.165) is 34.0 Å². The van der Waals surface area contributed by atoms with Gasteiger partial charge in [-0.15, -0.1) is 11.3 Å². The average Bonchev–Trinajstić information content (AvgIpc) is 3.11. The van der Waals surface area contributed by atoms with E-state index in [1.807, 2.05) is 29.6 Å². The molecule has 21 heavy (non-hydrogen) atoms. The maximum absolute atomic E-state index is 10.4. The van der Waals surface area contributed by atoms with E-state index in [1.165, 1.54) is 11.3 Å². The molecule has 0 saturated carbocycles. The molecule has 2 heterocycles. The highest BCUT2D eigenvalue weighted by Gasteiger charge is 2.16. The maximum Gasteiger partial charge on any atom is 0.129 e. The molecule has 0 spiro atoms. The molecule has 0 aliphatic rings. The molecule has 1 atom stereocenters. The van der Waals surface area contributed by atoms with E-state index in [0.29, 0.717) is 6.42 Å². The van der Waals surface area contributed by atoms with Gasteiger partial charge in [-0.3, -0.25) is 0 Å². The zero-order valence-corrected chi connectivity index (χ0v) is 12.9. The third kappa shape index (κ3) is 2.66. The van der Waals surface area contributed by atoms with Gasteiger partial charge in [0.15, 0.2) is 0 Å². The molecule has 1 N–H and O–H groups in total. The second-order valence-corrected chi connectivity index (χ2v) is 5.81. The Morgan fingerprint density at radius 1 is 1.38 bits per heavy atom. The van der Waals surface area contributed by atoms with Gasteiger partial charge < -0.3 is 14.4 Å². The summed E-state index contributed by atoms with van der Waals surface area (Å²) in [6, 6.07) is 9.95. The summed E-state index contributed by atoms with van der Waals surface area (Å²) in [7, 11) is 1.63. The Kier molecular flexibility index (Phi) is 3.94. The van der Waals surface area contributed by atoms with Gasteiger partial charge in [-0.1, -0.05) is 12.1 Å².